The molecular weight excluding hydrogens is 516 g/mol. The van der Waals surface area contributed by atoms with Crippen molar-refractivity contribution >= 4 is 0 Å². The minimum atomic E-state index is 0.264. The molecule has 248 valence electrons. The molecular formula is C43H76. The molecule has 6 aliphatic rings. The van der Waals surface area contributed by atoms with Crippen LogP contribution in [0.3, 0.4) is 0 Å². The normalized spacial score (nSPS) is 57.3. The van der Waals surface area contributed by atoms with Gasteiger partial charge in [-0.25, -0.2) is 0 Å². The Bertz CT molecular complexity index is 1260. The van der Waals surface area contributed by atoms with Crippen LogP contribution < -0.4 is 0 Å². The lowest BCUT2D eigenvalue weighted by Gasteiger charge is -2.73. The van der Waals surface area contributed by atoms with E-state index in [2.05, 4.69) is 152 Å². The lowest BCUT2D eigenvalue weighted by Crippen LogP contribution is -2.68. The molecule has 0 spiro atoms. The fourth-order valence-electron chi connectivity index (χ4n) is 19.4. The molecule has 0 amide bonds. The van der Waals surface area contributed by atoms with Gasteiger partial charge in [0.25, 0.3) is 0 Å². The Balaban J connectivity index is 1.73. The molecule has 0 aromatic rings. The third-order valence-electron chi connectivity index (χ3n) is 22.8. The van der Waals surface area contributed by atoms with Crippen LogP contribution in [-0.4, -0.2) is 0 Å². The Hall–Kier alpha value is 0. The highest BCUT2D eigenvalue weighted by Crippen LogP contribution is 3.02. The molecule has 4 bridgehead atoms. The summed E-state index contributed by atoms with van der Waals surface area (Å²) in [6.45, 7) is 60.6. The van der Waals surface area contributed by atoms with Crippen molar-refractivity contribution in [1.82, 2.24) is 0 Å². The SMILES string of the molecule is CCCC1(C)C2C(C(C)(C)C3C(C2(C)C)C2(C)C4C(C3(C)C2(C)C)C2(C)C(C)(C)C(C)(C)C4(C)C2(C)C)C(C)(C)C1(C)C. The number of hydrogen-bond donors (Lipinski definition) is 0. The van der Waals surface area contributed by atoms with Crippen molar-refractivity contribution in [3.63, 3.8) is 0 Å². The lowest BCUT2D eigenvalue weighted by molar-refractivity contribution is -0.259. The fourth-order valence-corrected chi connectivity index (χ4v) is 19.4. The molecule has 0 radical (unpaired) electrons. The van der Waals surface area contributed by atoms with E-state index < -0.39 is 0 Å². The van der Waals surface area contributed by atoms with Crippen LogP contribution in [0.15, 0.2) is 0 Å². The summed E-state index contributed by atoms with van der Waals surface area (Å²) in [4.78, 5) is 0. The van der Waals surface area contributed by atoms with E-state index in [4.69, 9.17) is 0 Å². The average molecular weight is 593 g/mol. The van der Waals surface area contributed by atoms with Crippen LogP contribution in [0.2, 0.25) is 0 Å². The maximum absolute atomic E-state index is 2.90. The van der Waals surface area contributed by atoms with E-state index in [9.17, 15) is 0 Å². The maximum Gasteiger partial charge on any atom is -0.0176 e. The van der Waals surface area contributed by atoms with Gasteiger partial charge in [0, 0.05) is 0 Å². The predicted molar refractivity (Wildman–Crippen MR) is 187 cm³/mol. The van der Waals surface area contributed by atoms with Crippen LogP contribution in [0.4, 0.5) is 0 Å². The van der Waals surface area contributed by atoms with Crippen molar-refractivity contribution in [2.24, 2.45) is 106 Å². The minimum Gasteiger partial charge on any atom is -0.0654 e. The molecule has 0 N–H and O–H groups in total. The fraction of sp³-hybridized carbons (Fsp3) is 1.00. The molecule has 6 saturated carbocycles. The van der Waals surface area contributed by atoms with Crippen molar-refractivity contribution in [2.45, 2.75) is 165 Å². The van der Waals surface area contributed by atoms with Gasteiger partial charge in [0.2, 0.25) is 0 Å². The third-order valence-corrected chi connectivity index (χ3v) is 22.8. The predicted octanol–water partition coefficient (Wildman–Crippen LogP) is 12.8. The number of rotatable bonds is 2. The van der Waals surface area contributed by atoms with Crippen LogP contribution in [0.25, 0.3) is 0 Å². The van der Waals surface area contributed by atoms with Gasteiger partial charge in [-0.1, -0.05) is 159 Å². The molecule has 11 atom stereocenters. The topological polar surface area (TPSA) is 0 Å². The summed E-state index contributed by atoms with van der Waals surface area (Å²) in [5, 5.41) is 0. The lowest BCUT2D eigenvalue weighted by atomic mass is 9.31. The Kier molecular flexibility index (Phi) is 5.63. The quantitative estimate of drug-likeness (QED) is 0.280. The first-order valence-electron chi connectivity index (χ1n) is 18.8. The smallest absolute Gasteiger partial charge is 0.0176 e. The first-order chi connectivity index (χ1) is 18.8. The van der Waals surface area contributed by atoms with E-state index in [-0.39, 0.29) is 65.0 Å². The van der Waals surface area contributed by atoms with Crippen molar-refractivity contribution < 1.29 is 0 Å². The Morgan fingerprint density at radius 2 is 0.698 bits per heavy atom. The van der Waals surface area contributed by atoms with Crippen LogP contribution in [0.1, 0.15) is 165 Å². The molecule has 6 rings (SSSR count). The van der Waals surface area contributed by atoms with E-state index in [1.807, 2.05) is 0 Å². The summed E-state index contributed by atoms with van der Waals surface area (Å²) in [6, 6.07) is 0. The second kappa shape index (κ2) is 7.35. The third kappa shape index (κ3) is 2.35. The van der Waals surface area contributed by atoms with Gasteiger partial charge >= 0.3 is 0 Å². The zero-order valence-electron chi connectivity index (χ0n) is 33.4. The van der Waals surface area contributed by atoms with Crippen molar-refractivity contribution in [3.05, 3.63) is 0 Å². The van der Waals surface area contributed by atoms with Crippen LogP contribution >= 0.6 is 0 Å². The summed E-state index contributed by atoms with van der Waals surface area (Å²) in [5.74, 6) is 4.40. The molecule has 6 aliphatic carbocycles. The largest absolute Gasteiger partial charge is 0.0654 e. The van der Waals surface area contributed by atoms with Gasteiger partial charge in [-0.15, -0.1) is 0 Å². The van der Waals surface area contributed by atoms with Gasteiger partial charge in [0.05, 0.1) is 0 Å². The summed E-state index contributed by atoms with van der Waals surface area (Å²) in [5.41, 5.74) is 3.63. The highest BCUT2D eigenvalue weighted by Gasteiger charge is 2.97. The van der Waals surface area contributed by atoms with E-state index in [0.29, 0.717) is 5.41 Å². The van der Waals surface area contributed by atoms with E-state index in [0.717, 1.165) is 35.5 Å². The van der Waals surface area contributed by atoms with Crippen LogP contribution in [0.5, 0.6) is 0 Å². The monoisotopic (exact) mass is 593 g/mol. The highest BCUT2D eigenvalue weighted by molar-refractivity contribution is 5.44. The molecule has 0 aromatic heterocycles. The number of hydrogen-bond acceptors (Lipinski definition) is 0. The average Bonchev–Trinajstić information content (AvgIpc) is 3.23. The van der Waals surface area contributed by atoms with E-state index in [1.165, 1.54) is 12.8 Å². The van der Waals surface area contributed by atoms with E-state index >= 15 is 0 Å². The summed E-state index contributed by atoms with van der Waals surface area (Å²) in [7, 11) is 0. The summed E-state index contributed by atoms with van der Waals surface area (Å²) in [6.07, 6.45) is 2.65. The Labute approximate surface area is 270 Å². The first-order valence-corrected chi connectivity index (χ1v) is 18.8. The van der Waals surface area contributed by atoms with Gasteiger partial charge in [0.1, 0.15) is 0 Å². The van der Waals surface area contributed by atoms with Gasteiger partial charge in [-0.2, -0.15) is 0 Å². The Morgan fingerprint density at radius 3 is 1.05 bits per heavy atom. The zero-order valence-corrected chi connectivity index (χ0v) is 33.4. The number of fused-ring (bicyclic) bond motifs is 13. The zero-order chi connectivity index (χ0) is 33.4. The second-order valence-corrected chi connectivity index (χ2v) is 23.5. The minimum absolute atomic E-state index is 0.264. The first kappa shape index (κ1) is 32.9. The molecule has 0 heteroatoms. The van der Waals surface area contributed by atoms with Crippen molar-refractivity contribution in [1.29, 1.82) is 0 Å². The standard InChI is InChI=1S/C43H76/c1-23-24-39(18)26-25(33(6,7)34(39,8)9)31(2,3)27-28(32(26,4)5)41(20)30-29(40(27,19)37(41,14)15)42(21)35(10,11)36(12,13)43(30,22)38(42,16)17/h25-30H,23-24H2,1-22H3. The van der Waals surface area contributed by atoms with Crippen LogP contribution in [0, 0.1) is 106 Å². The Morgan fingerprint density at radius 1 is 0.349 bits per heavy atom. The molecule has 11 unspecified atom stereocenters. The molecule has 0 aliphatic heterocycles. The van der Waals surface area contributed by atoms with Gasteiger partial charge in [0.15, 0.2) is 0 Å². The maximum atomic E-state index is 2.90. The van der Waals surface area contributed by atoms with Gasteiger partial charge < -0.3 is 0 Å². The molecule has 43 heavy (non-hydrogen) atoms. The second-order valence-electron chi connectivity index (χ2n) is 23.5. The summed E-state index contributed by atoms with van der Waals surface area (Å²) >= 11 is 0. The van der Waals surface area contributed by atoms with Crippen LogP contribution in [-0.2, 0) is 0 Å². The molecule has 6 fully saturated rings. The summed E-state index contributed by atoms with van der Waals surface area (Å²) < 4.78 is 0. The van der Waals surface area contributed by atoms with E-state index in [1.54, 1.807) is 0 Å². The molecule has 0 saturated heterocycles. The highest BCUT2D eigenvalue weighted by atomic mass is 15.0. The van der Waals surface area contributed by atoms with Gasteiger partial charge in [-0.05, 0) is 112 Å². The molecule has 0 nitrogen and oxygen atoms in total. The van der Waals surface area contributed by atoms with Crippen molar-refractivity contribution in [2.75, 3.05) is 0 Å². The molecule has 0 aromatic carbocycles. The van der Waals surface area contributed by atoms with Crippen molar-refractivity contribution in [3.8, 4) is 0 Å². The van der Waals surface area contributed by atoms with Gasteiger partial charge in [-0.3, -0.25) is 0 Å². The molecule has 0 heterocycles.